The Morgan fingerprint density at radius 1 is 1.29 bits per heavy atom. The zero-order valence-corrected chi connectivity index (χ0v) is 12.9. The molecule has 2 N–H and O–H groups in total. The quantitative estimate of drug-likeness (QED) is 0.883. The van der Waals surface area contributed by atoms with E-state index in [0.29, 0.717) is 12.8 Å². The van der Waals surface area contributed by atoms with Crippen LogP contribution in [0.3, 0.4) is 0 Å². The summed E-state index contributed by atoms with van der Waals surface area (Å²) in [7, 11) is 0. The number of benzene rings is 1. The van der Waals surface area contributed by atoms with Crippen LogP contribution in [0.2, 0.25) is 0 Å². The number of pyridine rings is 1. The molecule has 0 unspecified atom stereocenters. The minimum Gasteiger partial charge on any atom is -0.326 e. The van der Waals surface area contributed by atoms with Gasteiger partial charge in [-0.15, -0.1) is 0 Å². The molecular weight excluding hydrogens is 264 g/mol. The summed E-state index contributed by atoms with van der Waals surface area (Å²) in [5, 5.41) is 3.90. The molecule has 1 aromatic carbocycles. The van der Waals surface area contributed by atoms with Gasteiger partial charge in [-0.1, -0.05) is 26.3 Å². The molecule has 1 aromatic heterocycles. The van der Waals surface area contributed by atoms with Crippen LogP contribution in [0.1, 0.15) is 44.2 Å². The third-order valence-electron chi connectivity index (χ3n) is 3.79. The lowest BCUT2D eigenvalue weighted by Gasteiger charge is -2.10. The van der Waals surface area contributed by atoms with Crippen LogP contribution in [-0.4, -0.2) is 10.9 Å². The number of carbonyl (C=O) groups is 1. The highest BCUT2D eigenvalue weighted by Gasteiger charge is 2.09. The van der Waals surface area contributed by atoms with Gasteiger partial charge in [0.2, 0.25) is 5.91 Å². The SMILES string of the molecule is CCCCC(=O)Nc1ccc2c(C)c(CC)c(=O)[nH]c2c1. The highest BCUT2D eigenvalue weighted by molar-refractivity contribution is 5.94. The number of H-pyrrole nitrogens is 1. The first-order valence-corrected chi connectivity index (χ1v) is 7.52. The van der Waals surface area contributed by atoms with Gasteiger partial charge in [0.05, 0.1) is 5.52 Å². The maximum atomic E-state index is 12.0. The van der Waals surface area contributed by atoms with Crippen molar-refractivity contribution in [2.75, 3.05) is 5.32 Å². The molecule has 2 rings (SSSR count). The lowest BCUT2D eigenvalue weighted by atomic mass is 10.0. The first kappa shape index (κ1) is 15.3. The summed E-state index contributed by atoms with van der Waals surface area (Å²) in [4.78, 5) is 26.7. The fraction of sp³-hybridized carbons (Fsp3) is 0.412. The van der Waals surface area contributed by atoms with Crippen LogP contribution >= 0.6 is 0 Å². The standard InChI is InChI=1S/C17H22N2O2/c1-4-6-7-16(20)18-12-8-9-14-11(3)13(5-2)17(21)19-15(14)10-12/h8-10H,4-7H2,1-3H3,(H,18,20)(H,19,21). The van der Waals surface area contributed by atoms with Crippen molar-refractivity contribution < 1.29 is 4.79 Å². The van der Waals surface area contributed by atoms with Gasteiger partial charge in [-0.05, 0) is 37.5 Å². The molecule has 0 aliphatic carbocycles. The van der Waals surface area contributed by atoms with E-state index in [4.69, 9.17) is 0 Å². The average Bonchev–Trinajstić information content (AvgIpc) is 2.45. The van der Waals surface area contributed by atoms with Crippen molar-refractivity contribution in [1.82, 2.24) is 4.98 Å². The van der Waals surface area contributed by atoms with Gasteiger partial charge >= 0.3 is 0 Å². The summed E-state index contributed by atoms with van der Waals surface area (Å²) in [5.74, 6) is 0.0143. The highest BCUT2D eigenvalue weighted by Crippen LogP contribution is 2.21. The number of amides is 1. The lowest BCUT2D eigenvalue weighted by Crippen LogP contribution is -2.15. The Bertz CT molecular complexity index is 717. The smallest absolute Gasteiger partial charge is 0.251 e. The largest absolute Gasteiger partial charge is 0.326 e. The molecule has 4 heteroatoms. The van der Waals surface area contributed by atoms with Gasteiger partial charge < -0.3 is 10.3 Å². The van der Waals surface area contributed by atoms with E-state index in [0.717, 1.165) is 40.6 Å². The van der Waals surface area contributed by atoms with Crippen molar-refractivity contribution >= 4 is 22.5 Å². The Labute approximate surface area is 124 Å². The molecule has 1 heterocycles. The van der Waals surface area contributed by atoms with Crippen molar-refractivity contribution in [1.29, 1.82) is 0 Å². The Balaban J connectivity index is 2.34. The molecule has 0 aliphatic rings. The van der Waals surface area contributed by atoms with Gasteiger partial charge in [0, 0.05) is 23.1 Å². The van der Waals surface area contributed by atoms with Gasteiger partial charge in [-0.3, -0.25) is 9.59 Å². The number of unbranched alkanes of at least 4 members (excludes halogenated alkanes) is 1. The van der Waals surface area contributed by atoms with Crippen molar-refractivity contribution in [2.45, 2.75) is 46.5 Å². The molecule has 0 fully saturated rings. The second-order valence-corrected chi connectivity index (χ2v) is 5.32. The third kappa shape index (κ3) is 3.32. The number of nitrogens with one attached hydrogen (secondary N) is 2. The molecule has 2 aromatic rings. The molecular formula is C17H22N2O2. The summed E-state index contributed by atoms with van der Waals surface area (Å²) < 4.78 is 0. The minimum atomic E-state index is -0.0445. The molecule has 0 atom stereocenters. The predicted molar refractivity (Wildman–Crippen MR) is 86.8 cm³/mol. The van der Waals surface area contributed by atoms with E-state index in [9.17, 15) is 9.59 Å². The van der Waals surface area contributed by atoms with E-state index in [-0.39, 0.29) is 11.5 Å². The molecule has 0 saturated carbocycles. The van der Waals surface area contributed by atoms with Crippen molar-refractivity contribution in [3.8, 4) is 0 Å². The summed E-state index contributed by atoms with van der Waals surface area (Å²) in [6, 6.07) is 5.67. The van der Waals surface area contributed by atoms with E-state index in [1.807, 2.05) is 32.0 Å². The molecule has 0 bridgehead atoms. The lowest BCUT2D eigenvalue weighted by molar-refractivity contribution is -0.116. The number of aromatic nitrogens is 1. The van der Waals surface area contributed by atoms with Crippen LogP contribution in [0.15, 0.2) is 23.0 Å². The van der Waals surface area contributed by atoms with Crippen LogP contribution in [0.25, 0.3) is 10.9 Å². The maximum Gasteiger partial charge on any atom is 0.251 e. The van der Waals surface area contributed by atoms with E-state index >= 15 is 0 Å². The Hall–Kier alpha value is -2.10. The molecule has 0 saturated heterocycles. The van der Waals surface area contributed by atoms with Gasteiger partial charge in [0.15, 0.2) is 0 Å². The number of fused-ring (bicyclic) bond motifs is 1. The van der Waals surface area contributed by atoms with Crippen molar-refractivity contribution in [2.24, 2.45) is 0 Å². The summed E-state index contributed by atoms with van der Waals surface area (Å²) in [5.41, 5.74) is 3.28. The Morgan fingerprint density at radius 2 is 2.05 bits per heavy atom. The molecule has 0 radical (unpaired) electrons. The second-order valence-electron chi connectivity index (χ2n) is 5.32. The van der Waals surface area contributed by atoms with Gasteiger partial charge in [-0.2, -0.15) is 0 Å². The summed E-state index contributed by atoms with van der Waals surface area (Å²) >= 11 is 0. The minimum absolute atomic E-state index is 0.0143. The third-order valence-corrected chi connectivity index (χ3v) is 3.79. The number of hydrogen-bond donors (Lipinski definition) is 2. The molecule has 0 spiro atoms. The zero-order chi connectivity index (χ0) is 15.4. The van der Waals surface area contributed by atoms with Crippen LogP contribution < -0.4 is 10.9 Å². The first-order chi connectivity index (χ1) is 10.1. The van der Waals surface area contributed by atoms with Crippen LogP contribution in [0, 0.1) is 6.92 Å². The number of rotatable bonds is 5. The number of aromatic amines is 1. The molecule has 4 nitrogen and oxygen atoms in total. The number of carbonyl (C=O) groups excluding carboxylic acids is 1. The second kappa shape index (κ2) is 6.57. The van der Waals surface area contributed by atoms with Crippen LogP contribution in [0.4, 0.5) is 5.69 Å². The number of hydrogen-bond acceptors (Lipinski definition) is 2. The first-order valence-electron chi connectivity index (χ1n) is 7.52. The van der Waals surface area contributed by atoms with Gasteiger partial charge in [0.1, 0.15) is 0 Å². The Morgan fingerprint density at radius 3 is 2.71 bits per heavy atom. The van der Waals surface area contributed by atoms with Crippen LogP contribution in [-0.2, 0) is 11.2 Å². The highest BCUT2D eigenvalue weighted by atomic mass is 16.1. The monoisotopic (exact) mass is 286 g/mol. The molecule has 112 valence electrons. The molecule has 1 amide bonds. The Kier molecular flexibility index (Phi) is 4.78. The van der Waals surface area contributed by atoms with Gasteiger partial charge in [-0.25, -0.2) is 0 Å². The zero-order valence-electron chi connectivity index (χ0n) is 12.9. The molecule has 0 aliphatic heterocycles. The summed E-state index contributed by atoms with van der Waals surface area (Å²) in [6.07, 6.45) is 3.12. The van der Waals surface area contributed by atoms with E-state index in [2.05, 4.69) is 17.2 Å². The maximum absolute atomic E-state index is 12.0. The van der Waals surface area contributed by atoms with E-state index in [1.165, 1.54) is 0 Å². The van der Waals surface area contributed by atoms with Crippen molar-refractivity contribution in [3.63, 3.8) is 0 Å². The summed E-state index contributed by atoms with van der Waals surface area (Å²) in [6.45, 7) is 6.00. The fourth-order valence-electron chi connectivity index (χ4n) is 2.57. The van der Waals surface area contributed by atoms with Gasteiger partial charge in [0.25, 0.3) is 5.56 Å². The van der Waals surface area contributed by atoms with E-state index in [1.54, 1.807) is 0 Å². The average molecular weight is 286 g/mol. The van der Waals surface area contributed by atoms with Crippen molar-refractivity contribution in [3.05, 3.63) is 39.7 Å². The normalized spacial score (nSPS) is 10.8. The topological polar surface area (TPSA) is 62.0 Å². The number of anilines is 1. The predicted octanol–water partition coefficient (Wildman–Crippen LogP) is 3.53. The van der Waals surface area contributed by atoms with Crippen LogP contribution in [0.5, 0.6) is 0 Å². The van der Waals surface area contributed by atoms with E-state index < -0.39 is 0 Å². The number of aryl methyl sites for hydroxylation is 1. The fourth-order valence-corrected chi connectivity index (χ4v) is 2.57. The molecule has 21 heavy (non-hydrogen) atoms.